The lowest BCUT2D eigenvalue weighted by Gasteiger charge is -2.32. The summed E-state index contributed by atoms with van der Waals surface area (Å²) >= 11 is 0. The lowest BCUT2D eigenvalue weighted by molar-refractivity contribution is -0.00587. The van der Waals surface area contributed by atoms with Crippen molar-refractivity contribution in [1.82, 2.24) is 0 Å². The minimum Gasteiger partial charge on any atom is -0.390 e. The molecule has 0 aromatic rings. The number of hydrogen-bond acceptors (Lipinski definition) is 1. The summed E-state index contributed by atoms with van der Waals surface area (Å²) in [6, 6.07) is 0. The first-order valence-electron chi connectivity index (χ1n) is 9.99. The number of aliphatic hydroxyl groups is 1. The fourth-order valence-corrected chi connectivity index (χ4v) is 3.75. The van der Waals surface area contributed by atoms with Gasteiger partial charge in [-0.3, -0.25) is 0 Å². The van der Waals surface area contributed by atoms with Gasteiger partial charge in [0.1, 0.15) is 0 Å². The Morgan fingerprint density at radius 3 is 1.52 bits per heavy atom. The van der Waals surface area contributed by atoms with Crippen LogP contribution in [0.2, 0.25) is 0 Å². The van der Waals surface area contributed by atoms with Gasteiger partial charge in [0.05, 0.1) is 5.60 Å². The molecule has 0 bridgehead atoms. The molecule has 0 aliphatic heterocycles. The molecular formula is C20H40O. The second-order valence-electron chi connectivity index (χ2n) is 7.42. The first-order valence-corrected chi connectivity index (χ1v) is 9.99. The number of unbranched alkanes of at least 4 members (excludes halogenated alkanes) is 11. The van der Waals surface area contributed by atoms with Gasteiger partial charge in [-0.15, -0.1) is 0 Å². The predicted molar refractivity (Wildman–Crippen MR) is 93.7 cm³/mol. The molecule has 1 nitrogen and oxygen atoms in total. The van der Waals surface area contributed by atoms with Crippen molar-refractivity contribution < 1.29 is 5.11 Å². The molecule has 0 heterocycles. The van der Waals surface area contributed by atoms with Crippen LogP contribution in [0.25, 0.3) is 0 Å². The van der Waals surface area contributed by atoms with E-state index in [-0.39, 0.29) is 5.60 Å². The van der Waals surface area contributed by atoms with Crippen LogP contribution >= 0.6 is 0 Å². The van der Waals surface area contributed by atoms with Crippen molar-refractivity contribution in [3.63, 3.8) is 0 Å². The molecule has 0 spiro atoms. The summed E-state index contributed by atoms with van der Waals surface area (Å²) in [5, 5.41) is 10.4. The molecule has 0 unspecified atom stereocenters. The van der Waals surface area contributed by atoms with Crippen LogP contribution < -0.4 is 0 Å². The molecule has 1 N–H and O–H groups in total. The maximum atomic E-state index is 10.4. The van der Waals surface area contributed by atoms with Crippen molar-refractivity contribution in [2.24, 2.45) is 0 Å². The predicted octanol–water partition coefficient (Wildman–Crippen LogP) is 6.77. The van der Waals surface area contributed by atoms with Crippen molar-refractivity contribution in [3.05, 3.63) is 0 Å². The van der Waals surface area contributed by atoms with Gasteiger partial charge >= 0.3 is 0 Å². The molecule has 1 saturated carbocycles. The third kappa shape index (κ3) is 10.3. The van der Waals surface area contributed by atoms with E-state index in [1.54, 1.807) is 0 Å². The quantitative estimate of drug-likeness (QED) is 0.372. The Labute approximate surface area is 133 Å². The van der Waals surface area contributed by atoms with E-state index in [1.807, 2.05) is 0 Å². The molecule has 126 valence electrons. The summed E-state index contributed by atoms with van der Waals surface area (Å²) in [5.41, 5.74) is -0.281. The molecule has 0 saturated heterocycles. The summed E-state index contributed by atoms with van der Waals surface area (Å²) in [6.07, 6.45) is 23.8. The summed E-state index contributed by atoms with van der Waals surface area (Å²) in [6.45, 7) is 2.28. The monoisotopic (exact) mass is 296 g/mol. The molecule has 0 atom stereocenters. The normalized spacial score (nSPS) is 18.0. The summed E-state index contributed by atoms with van der Waals surface area (Å²) in [7, 11) is 0. The second kappa shape index (κ2) is 12.5. The van der Waals surface area contributed by atoms with Crippen molar-refractivity contribution in [2.45, 2.75) is 128 Å². The van der Waals surface area contributed by atoms with Crippen LogP contribution in [0.1, 0.15) is 122 Å². The molecule has 1 heteroatoms. The number of hydrogen-bond donors (Lipinski definition) is 1. The van der Waals surface area contributed by atoms with Gasteiger partial charge in [-0.2, -0.15) is 0 Å². The van der Waals surface area contributed by atoms with Crippen LogP contribution in [0, 0.1) is 0 Å². The average molecular weight is 297 g/mol. The lowest BCUT2D eigenvalue weighted by atomic mass is 9.81. The van der Waals surface area contributed by atoms with Crippen molar-refractivity contribution >= 4 is 0 Å². The van der Waals surface area contributed by atoms with Gasteiger partial charge in [-0.25, -0.2) is 0 Å². The highest BCUT2D eigenvalue weighted by Crippen LogP contribution is 2.32. The third-order valence-electron chi connectivity index (χ3n) is 5.28. The maximum absolute atomic E-state index is 10.4. The van der Waals surface area contributed by atoms with E-state index in [9.17, 15) is 5.11 Å². The van der Waals surface area contributed by atoms with Gasteiger partial charge < -0.3 is 5.11 Å². The molecule has 0 amide bonds. The van der Waals surface area contributed by atoms with E-state index in [0.717, 1.165) is 19.3 Å². The molecule has 0 aromatic carbocycles. The molecule has 1 fully saturated rings. The molecule has 1 aliphatic rings. The fourth-order valence-electron chi connectivity index (χ4n) is 3.75. The fraction of sp³-hybridized carbons (Fsp3) is 1.00. The highest BCUT2D eigenvalue weighted by Gasteiger charge is 2.27. The standard InChI is InChI=1S/C20H40O/c1-2-3-4-5-6-7-8-9-10-11-12-14-17-20(21)18-15-13-16-19-20/h21H,2-19H2,1H3. The van der Waals surface area contributed by atoms with Crippen molar-refractivity contribution in [2.75, 3.05) is 0 Å². The van der Waals surface area contributed by atoms with Crippen LogP contribution in [0.5, 0.6) is 0 Å². The van der Waals surface area contributed by atoms with Gasteiger partial charge in [-0.05, 0) is 19.3 Å². The topological polar surface area (TPSA) is 20.2 Å². The zero-order chi connectivity index (χ0) is 15.2. The van der Waals surface area contributed by atoms with Crippen LogP contribution in [0.15, 0.2) is 0 Å². The minimum absolute atomic E-state index is 0.281. The Hall–Kier alpha value is -0.0400. The zero-order valence-electron chi connectivity index (χ0n) is 14.7. The van der Waals surface area contributed by atoms with Crippen LogP contribution in [-0.4, -0.2) is 10.7 Å². The van der Waals surface area contributed by atoms with E-state index in [0.29, 0.717) is 0 Å². The Balaban J connectivity index is 1.78. The van der Waals surface area contributed by atoms with Crippen molar-refractivity contribution in [3.8, 4) is 0 Å². The van der Waals surface area contributed by atoms with Crippen LogP contribution in [0.3, 0.4) is 0 Å². The molecule has 0 radical (unpaired) electrons. The molecule has 1 rings (SSSR count). The minimum atomic E-state index is -0.281. The Morgan fingerprint density at radius 1 is 0.619 bits per heavy atom. The largest absolute Gasteiger partial charge is 0.390 e. The van der Waals surface area contributed by atoms with E-state index in [4.69, 9.17) is 0 Å². The zero-order valence-corrected chi connectivity index (χ0v) is 14.7. The Kier molecular flexibility index (Phi) is 11.3. The van der Waals surface area contributed by atoms with E-state index >= 15 is 0 Å². The second-order valence-corrected chi connectivity index (χ2v) is 7.42. The summed E-state index contributed by atoms with van der Waals surface area (Å²) < 4.78 is 0. The summed E-state index contributed by atoms with van der Waals surface area (Å²) in [4.78, 5) is 0. The molecule has 21 heavy (non-hydrogen) atoms. The van der Waals surface area contributed by atoms with E-state index in [2.05, 4.69) is 6.92 Å². The first-order chi connectivity index (χ1) is 10.3. The molecule has 0 aromatic heterocycles. The van der Waals surface area contributed by atoms with Crippen molar-refractivity contribution in [1.29, 1.82) is 0 Å². The van der Waals surface area contributed by atoms with E-state index in [1.165, 1.54) is 96.3 Å². The average Bonchev–Trinajstić information content (AvgIpc) is 2.49. The SMILES string of the molecule is CCCCCCCCCCCCCCC1(O)CCCCC1. The molecular weight excluding hydrogens is 256 g/mol. The Bertz CT molecular complexity index is 218. The lowest BCUT2D eigenvalue weighted by Crippen LogP contribution is -2.30. The smallest absolute Gasteiger partial charge is 0.0647 e. The van der Waals surface area contributed by atoms with E-state index < -0.39 is 0 Å². The summed E-state index contributed by atoms with van der Waals surface area (Å²) in [5.74, 6) is 0. The van der Waals surface area contributed by atoms with Gasteiger partial charge in [0.2, 0.25) is 0 Å². The van der Waals surface area contributed by atoms with Gasteiger partial charge in [0.15, 0.2) is 0 Å². The third-order valence-corrected chi connectivity index (χ3v) is 5.28. The highest BCUT2D eigenvalue weighted by molar-refractivity contribution is 4.81. The van der Waals surface area contributed by atoms with Crippen LogP contribution in [-0.2, 0) is 0 Å². The Morgan fingerprint density at radius 2 is 1.05 bits per heavy atom. The first kappa shape index (κ1) is 19.0. The highest BCUT2D eigenvalue weighted by atomic mass is 16.3. The van der Waals surface area contributed by atoms with Crippen LogP contribution in [0.4, 0.5) is 0 Å². The maximum Gasteiger partial charge on any atom is 0.0647 e. The number of rotatable bonds is 13. The molecule has 1 aliphatic carbocycles. The van der Waals surface area contributed by atoms with Gasteiger partial charge in [0.25, 0.3) is 0 Å². The van der Waals surface area contributed by atoms with Gasteiger partial charge in [0, 0.05) is 0 Å². The van der Waals surface area contributed by atoms with Gasteiger partial charge in [-0.1, -0.05) is 103 Å².